The second-order valence-electron chi connectivity index (χ2n) is 1.67. The Morgan fingerprint density at radius 3 is 2.27 bits per heavy atom. The standard InChI is InChI=1S/C5H5F3O2S/c1-10-4(11)2-3(9)5(6,7)8/h2H2,1H3. The van der Waals surface area contributed by atoms with Gasteiger partial charge in [0.25, 0.3) is 0 Å². The van der Waals surface area contributed by atoms with Crippen molar-refractivity contribution in [2.75, 3.05) is 7.11 Å². The summed E-state index contributed by atoms with van der Waals surface area (Å²) in [6.07, 6.45) is -5.70. The molecule has 0 aromatic heterocycles. The fraction of sp³-hybridized carbons (Fsp3) is 0.600. The normalized spacial score (nSPS) is 10.9. The number of rotatable bonds is 2. The maximum absolute atomic E-state index is 11.5. The molecule has 6 heteroatoms. The fourth-order valence-electron chi connectivity index (χ4n) is 0.303. The van der Waals surface area contributed by atoms with Crippen molar-refractivity contribution in [2.45, 2.75) is 12.6 Å². The Balaban J connectivity index is 3.99. The first-order valence-electron chi connectivity index (χ1n) is 2.54. The van der Waals surface area contributed by atoms with Crippen molar-refractivity contribution in [3.05, 3.63) is 0 Å². The number of halogens is 3. The Bertz CT molecular complexity index is 175. The van der Waals surface area contributed by atoms with Gasteiger partial charge in [-0.05, 0) is 12.2 Å². The molecule has 0 aliphatic rings. The highest BCUT2D eigenvalue weighted by Crippen LogP contribution is 2.17. The summed E-state index contributed by atoms with van der Waals surface area (Å²) in [4.78, 5) is 10.1. The number of ether oxygens (including phenoxy) is 1. The lowest BCUT2D eigenvalue weighted by Crippen LogP contribution is -2.25. The van der Waals surface area contributed by atoms with Crippen molar-refractivity contribution in [1.29, 1.82) is 0 Å². The zero-order valence-corrected chi connectivity index (χ0v) is 6.38. The number of hydrogen-bond donors (Lipinski definition) is 0. The van der Waals surface area contributed by atoms with E-state index in [1.165, 1.54) is 0 Å². The molecule has 0 aliphatic heterocycles. The molecule has 0 rings (SSSR count). The molecular formula is C5H5F3O2S. The number of carbonyl (C=O) groups excluding carboxylic acids is 1. The number of ketones is 1. The summed E-state index contributed by atoms with van der Waals surface area (Å²) in [6, 6.07) is 0. The van der Waals surface area contributed by atoms with Gasteiger partial charge in [0.2, 0.25) is 5.78 Å². The number of methoxy groups -OCH3 is 1. The highest BCUT2D eigenvalue weighted by atomic mass is 32.1. The van der Waals surface area contributed by atoms with Crippen molar-refractivity contribution in [2.24, 2.45) is 0 Å². The van der Waals surface area contributed by atoms with E-state index in [0.717, 1.165) is 7.11 Å². The Labute approximate surface area is 66.3 Å². The minimum Gasteiger partial charge on any atom is -0.490 e. The molecule has 64 valence electrons. The predicted molar refractivity (Wildman–Crippen MR) is 35.3 cm³/mol. The van der Waals surface area contributed by atoms with Crippen LogP contribution >= 0.6 is 12.2 Å². The van der Waals surface area contributed by atoms with Gasteiger partial charge >= 0.3 is 6.18 Å². The van der Waals surface area contributed by atoms with Crippen molar-refractivity contribution >= 4 is 23.1 Å². The quantitative estimate of drug-likeness (QED) is 0.611. The number of thiocarbonyl (C=S) groups is 1. The van der Waals surface area contributed by atoms with Gasteiger partial charge in [-0.15, -0.1) is 0 Å². The number of hydrogen-bond acceptors (Lipinski definition) is 3. The summed E-state index contributed by atoms with van der Waals surface area (Å²) < 4.78 is 38.7. The first kappa shape index (κ1) is 10.3. The van der Waals surface area contributed by atoms with Crippen molar-refractivity contribution in [1.82, 2.24) is 0 Å². The van der Waals surface area contributed by atoms with E-state index in [1.54, 1.807) is 0 Å². The van der Waals surface area contributed by atoms with Crippen LogP contribution in [0.2, 0.25) is 0 Å². The van der Waals surface area contributed by atoms with Gasteiger partial charge < -0.3 is 4.74 Å². The van der Waals surface area contributed by atoms with E-state index in [2.05, 4.69) is 17.0 Å². The van der Waals surface area contributed by atoms with E-state index >= 15 is 0 Å². The Hall–Kier alpha value is -0.650. The van der Waals surface area contributed by atoms with Crippen LogP contribution < -0.4 is 0 Å². The van der Waals surface area contributed by atoms with Gasteiger partial charge in [-0.1, -0.05) is 0 Å². The van der Waals surface area contributed by atoms with Crippen LogP contribution in [0.1, 0.15) is 6.42 Å². The molecule has 0 atom stereocenters. The Kier molecular flexibility index (Phi) is 3.44. The summed E-state index contributed by atoms with van der Waals surface area (Å²) >= 11 is 4.26. The van der Waals surface area contributed by atoms with Crippen molar-refractivity contribution < 1.29 is 22.7 Å². The second kappa shape index (κ2) is 3.66. The van der Waals surface area contributed by atoms with Crippen molar-refractivity contribution in [3.8, 4) is 0 Å². The molecule has 0 amide bonds. The molecule has 0 spiro atoms. The third-order valence-corrected chi connectivity index (χ3v) is 1.16. The highest BCUT2D eigenvalue weighted by Gasteiger charge is 2.38. The summed E-state index contributed by atoms with van der Waals surface area (Å²) in [7, 11) is 1.12. The molecule has 11 heavy (non-hydrogen) atoms. The first-order valence-corrected chi connectivity index (χ1v) is 2.95. The maximum atomic E-state index is 11.5. The van der Waals surface area contributed by atoms with Crippen LogP contribution in [0.4, 0.5) is 13.2 Å². The summed E-state index contributed by atoms with van der Waals surface area (Å²) in [5, 5.41) is -0.354. The molecule has 0 aromatic carbocycles. The van der Waals surface area contributed by atoms with Gasteiger partial charge in [0.1, 0.15) is 0 Å². The molecule has 0 aromatic rings. The average Bonchev–Trinajstić information content (AvgIpc) is 1.85. The van der Waals surface area contributed by atoms with Gasteiger partial charge in [0, 0.05) is 0 Å². The fourth-order valence-corrected chi connectivity index (χ4v) is 0.435. The molecule has 0 radical (unpaired) electrons. The number of Topliss-reactive ketones (excluding diaryl/α,β-unsaturated/α-hetero) is 1. The van der Waals surface area contributed by atoms with Crippen LogP contribution in [0.3, 0.4) is 0 Å². The van der Waals surface area contributed by atoms with E-state index in [4.69, 9.17) is 0 Å². The molecule has 0 fully saturated rings. The third kappa shape index (κ3) is 3.92. The van der Waals surface area contributed by atoms with Crippen LogP contribution in [0, 0.1) is 0 Å². The minimum atomic E-state index is -4.82. The Morgan fingerprint density at radius 1 is 1.55 bits per heavy atom. The molecule has 0 N–H and O–H groups in total. The Morgan fingerprint density at radius 2 is 2.00 bits per heavy atom. The number of alkyl halides is 3. The smallest absolute Gasteiger partial charge is 0.450 e. The molecule has 0 bridgehead atoms. The van der Waals surface area contributed by atoms with E-state index in [1.807, 2.05) is 0 Å². The largest absolute Gasteiger partial charge is 0.490 e. The average molecular weight is 186 g/mol. The molecule has 0 saturated heterocycles. The first-order chi connectivity index (χ1) is 4.88. The lowest BCUT2D eigenvalue weighted by atomic mass is 10.3. The monoisotopic (exact) mass is 186 g/mol. The lowest BCUT2D eigenvalue weighted by Gasteiger charge is -2.04. The second-order valence-corrected chi connectivity index (χ2v) is 2.13. The molecule has 0 unspecified atom stereocenters. The van der Waals surface area contributed by atoms with Crippen molar-refractivity contribution in [3.63, 3.8) is 0 Å². The SMILES string of the molecule is COC(=S)CC(=O)C(F)(F)F. The van der Waals surface area contributed by atoms with Gasteiger partial charge in [0.15, 0.2) is 5.05 Å². The lowest BCUT2D eigenvalue weighted by molar-refractivity contribution is -0.169. The van der Waals surface area contributed by atoms with E-state index in [0.29, 0.717) is 0 Å². The van der Waals surface area contributed by atoms with Gasteiger partial charge in [-0.25, -0.2) is 0 Å². The minimum absolute atomic E-state index is 0.354. The molecular weight excluding hydrogens is 181 g/mol. The van der Waals surface area contributed by atoms with Crippen LogP contribution in [-0.2, 0) is 9.53 Å². The van der Waals surface area contributed by atoms with E-state index in [9.17, 15) is 18.0 Å². The summed E-state index contributed by atoms with van der Waals surface area (Å²) in [5.41, 5.74) is 0. The molecule has 2 nitrogen and oxygen atoms in total. The molecule has 0 saturated carbocycles. The van der Waals surface area contributed by atoms with Crippen LogP contribution in [0.25, 0.3) is 0 Å². The summed E-state index contributed by atoms with van der Waals surface area (Å²) in [5.74, 6) is -1.88. The van der Waals surface area contributed by atoms with Crippen LogP contribution in [0.5, 0.6) is 0 Å². The zero-order chi connectivity index (χ0) is 9.07. The summed E-state index contributed by atoms with van der Waals surface area (Å²) in [6.45, 7) is 0. The molecule has 0 aliphatic carbocycles. The van der Waals surface area contributed by atoms with Gasteiger partial charge in [0.05, 0.1) is 13.5 Å². The topological polar surface area (TPSA) is 26.3 Å². The van der Waals surface area contributed by atoms with Gasteiger partial charge in [-0.2, -0.15) is 13.2 Å². The zero-order valence-electron chi connectivity index (χ0n) is 5.57. The van der Waals surface area contributed by atoms with Crippen LogP contribution in [-0.4, -0.2) is 24.1 Å². The van der Waals surface area contributed by atoms with Gasteiger partial charge in [-0.3, -0.25) is 4.79 Å². The predicted octanol–water partition coefficient (Wildman–Crippen LogP) is 1.48. The van der Waals surface area contributed by atoms with Crippen LogP contribution in [0.15, 0.2) is 0 Å². The molecule has 0 heterocycles. The van der Waals surface area contributed by atoms with E-state index < -0.39 is 18.4 Å². The van der Waals surface area contributed by atoms with E-state index in [-0.39, 0.29) is 5.05 Å². The number of carbonyl (C=O) groups is 1. The maximum Gasteiger partial charge on any atom is 0.450 e. The highest BCUT2D eigenvalue weighted by molar-refractivity contribution is 7.80. The third-order valence-electron chi connectivity index (χ3n) is 0.849.